The van der Waals surface area contributed by atoms with Crippen LogP contribution in [0.15, 0.2) is 24.3 Å². The van der Waals surface area contributed by atoms with Crippen molar-refractivity contribution < 1.29 is 4.79 Å². The molecule has 130 valence electrons. The van der Waals surface area contributed by atoms with Crippen molar-refractivity contribution >= 4 is 5.91 Å². The van der Waals surface area contributed by atoms with Crippen molar-refractivity contribution in [3.05, 3.63) is 35.4 Å². The monoisotopic (exact) mass is 327 g/mol. The predicted octanol–water partition coefficient (Wildman–Crippen LogP) is 2.51. The van der Waals surface area contributed by atoms with Crippen molar-refractivity contribution in [1.29, 1.82) is 0 Å². The van der Waals surface area contributed by atoms with Gasteiger partial charge in [0, 0.05) is 19.1 Å². The normalized spacial score (nSPS) is 28.8. The summed E-state index contributed by atoms with van der Waals surface area (Å²) in [5.74, 6) is 0.510. The first-order valence-corrected chi connectivity index (χ1v) is 9.57. The largest absolute Gasteiger partial charge is 0.333 e. The lowest BCUT2D eigenvalue weighted by molar-refractivity contribution is -0.134. The molecule has 2 aliphatic heterocycles. The summed E-state index contributed by atoms with van der Waals surface area (Å²) in [6.45, 7) is 4.00. The maximum Gasteiger partial charge on any atom is 0.240 e. The van der Waals surface area contributed by atoms with Crippen LogP contribution in [0.4, 0.5) is 0 Å². The van der Waals surface area contributed by atoms with Crippen LogP contribution in [0.1, 0.15) is 49.7 Å². The van der Waals surface area contributed by atoms with E-state index >= 15 is 0 Å². The van der Waals surface area contributed by atoms with Crippen molar-refractivity contribution in [2.24, 2.45) is 11.7 Å². The van der Waals surface area contributed by atoms with Crippen LogP contribution < -0.4 is 5.73 Å². The first-order valence-electron chi connectivity index (χ1n) is 9.57. The van der Waals surface area contributed by atoms with Crippen LogP contribution in [0.3, 0.4) is 0 Å². The third-order valence-electron chi connectivity index (χ3n) is 6.34. The van der Waals surface area contributed by atoms with E-state index in [1.165, 1.54) is 49.9 Å². The minimum absolute atomic E-state index is 0.149. The van der Waals surface area contributed by atoms with E-state index in [4.69, 9.17) is 5.73 Å². The second kappa shape index (κ2) is 6.85. The lowest BCUT2D eigenvalue weighted by atomic mass is 9.81. The summed E-state index contributed by atoms with van der Waals surface area (Å²) in [7, 11) is 0. The predicted molar refractivity (Wildman–Crippen MR) is 95.2 cm³/mol. The zero-order valence-electron chi connectivity index (χ0n) is 14.5. The Kier molecular flexibility index (Phi) is 4.59. The van der Waals surface area contributed by atoms with Crippen molar-refractivity contribution in [1.82, 2.24) is 9.80 Å². The van der Waals surface area contributed by atoms with Crippen molar-refractivity contribution in [2.45, 2.75) is 63.7 Å². The number of hydrogen-bond donors (Lipinski definition) is 1. The second-order valence-corrected chi connectivity index (χ2v) is 7.80. The Bertz CT molecular complexity index is 563. The van der Waals surface area contributed by atoms with Crippen LogP contribution in [-0.2, 0) is 17.9 Å². The zero-order chi connectivity index (χ0) is 16.5. The topological polar surface area (TPSA) is 49.6 Å². The van der Waals surface area contributed by atoms with Crippen LogP contribution in [0.25, 0.3) is 0 Å². The van der Waals surface area contributed by atoms with E-state index in [1.54, 1.807) is 0 Å². The standard InChI is InChI=1S/C20H29N3O/c21-19(15-7-9-18(10-8-15)22-11-3-4-12-22)20(24)23-13-16-5-1-2-6-17(16)14-23/h1-2,5-6,15,18-19H,3-4,7-14,21H2. The molecule has 1 aromatic rings. The Morgan fingerprint density at radius 3 is 2.17 bits per heavy atom. The Hall–Kier alpha value is -1.39. The van der Waals surface area contributed by atoms with Crippen LogP contribution in [0.2, 0.25) is 0 Å². The summed E-state index contributed by atoms with van der Waals surface area (Å²) in [5.41, 5.74) is 8.95. The fourth-order valence-electron chi connectivity index (χ4n) is 4.83. The molecule has 0 bridgehead atoms. The Morgan fingerprint density at radius 2 is 1.58 bits per heavy atom. The molecule has 0 spiro atoms. The Balaban J connectivity index is 1.32. The Morgan fingerprint density at radius 1 is 1.00 bits per heavy atom. The lowest BCUT2D eigenvalue weighted by Crippen LogP contribution is -2.48. The van der Waals surface area contributed by atoms with Gasteiger partial charge in [-0.2, -0.15) is 0 Å². The third-order valence-corrected chi connectivity index (χ3v) is 6.34. The molecule has 3 aliphatic rings. The summed E-state index contributed by atoms with van der Waals surface area (Å²) >= 11 is 0. The molecule has 1 atom stereocenters. The van der Waals surface area contributed by atoms with Gasteiger partial charge in [0.2, 0.25) is 5.91 Å². The number of amides is 1. The van der Waals surface area contributed by atoms with Gasteiger partial charge in [0.15, 0.2) is 0 Å². The highest BCUT2D eigenvalue weighted by atomic mass is 16.2. The number of carbonyl (C=O) groups is 1. The van der Waals surface area contributed by atoms with Crippen molar-refractivity contribution in [2.75, 3.05) is 13.1 Å². The average molecular weight is 327 g/mol. The van der Waals surface area contributed by atoms with E-state index in [2.05, 4.69) is 17.0 Å². The first-order chi connectivity index (χ1) is 11.7. The molecule has 4 heteroatoms. The minimum Gasteiger partial charge on any atom is -0.333 e. The summed E-state index contributed by atoms with van der Waals surface area (Å²) < 4.78 is 0. The minimum atomic E-state index is -0.321. The quantitative estimate of drug-likeness (QED) is 0.928. The van der Waals surface area contributed by atoms with E-state index in [9.17, 15) is 4.79 Å². The molecule has 1 saturated carbocycles. The molecule has 1 unspecified atom stereocenters. The number of nitrogens with two attached hydrogens (primary N) is 1. The van der Waals surface area contributed by atoms with E-state index in [0.29, 0.717) is 5.92 Å². The number of nitrogens with zero attached hydrogens (tertiary/aromatic N) is 2. The molecule has 4 nitrogen and oxygen atoms in total. The fraction of sp³-hybridized carbons (Fsp3) is 0.650. The lowest BCUT2D eigenvalue weighted by Gasteiger charge is -2.37. The second-order valence-electron chi connectivity index (χ2n) is 7.80. The van der Waals surface area contributed by atoms with Gasteiger partial charge in [0.05, 0.1) is 6.04 Å². The van der Waals surface area contributed by atoms with Gasteiger partial charge in [0.25, 0.3) is 0 Å². The van der Waals surface area contributed by atoms with Gasteiger partial charge in [-0.1, -0.05) is 24.3 Å². The van der Waals surface area contributed by atoms with E-state index in [-0.39, 0.29) is 11.9 Å². The SMILES string of the molecule is NC(C(=O)N1Cc2ccccc2C1)C1CCC(N2CCCC2)CC1. The first kappa shape index (κ1) is 16.1. The highest BCUT2D eigenvalue weighted by molar-refractivity contribution is 5.82. The van der Waals surface area contributed by atoms with Crippen LogP contribution in [0, 0.1) is 5.92 Å². The molecule has 2 N–H and O–H groups in total. The third kappa shape index (κ3) is 3.09. The van der Waals surface area contributed by atoms with Crippen molar-refractivity contribution in [3.63, 3.8) is 0 Å². The van der Waals surface area contributed by atoms with Gasteiger partial charge in [-0.3, -0.25) is 4.79 Å². The van der Waals surface area contributed by atoms with E-state index in [1.807, 2.05) is 17.0 Å². The fourth-order valence-corrected chi connectivity index (χ4v) is 4.83. The maximum atomic E-state index is 12.8. The highest BCUT2D eigenvalue weighted by Gasteiger charge is 2.35. The number of rotatable bonds is 3. The highest BCUT2D eigenvalue weighted by Crippen LogP contribution is 2.32. The van der Waals surface area contributed by atoms with Gasteiger partial charge < -0.3 is 15.5 Å². The summed E-state index contributed by atoms with van der Waals surface area (Å²) in [6, 6.07) is 8.75. The maximum absolute atomic E-state index is 12.8. The molecule has 1 saturated heterocycles. The molecule has 4 rings (SSSR count). The summed E-state index contributed by atoms with van der Waals surface area (Å²) in [5, 5.41) is 0. The average Bonchev–Trinajstić information content (AvgIpc) is 3.30. The molecule has 24 heavy (non-hydrogen) atoms. The molecule has 2 fully saturated rings. The van der Waals surface area contributed by atoms with Gasteiger partial charge >= 0.3 is 0 Å². The van der Waals surface area contributed by atoms with Crippen molar-refractivity contribution in [3.8, 4) is 0 Å². The number of carbonyl (C=O) groups excluding carboxylic acids is 1. The molecule has 1 aromatic carbocycles. The van der Waals surface area contributed by atoms with E-state index in [0.717, 1.165) is 32.0 Å². The molecular weight excluding hydrogens is 298 g/mol. The summed E-state index contributed by atoms with van der Waals surface area (Å²) in [4.78, 5) is 17.4. The number of fused-ring (bicyclic) bond motifs is 1. The number of hydrogen-bond acceptors (Lipinski definition) is 3. The summed E-state index contributed by atoms with van der Waals surface area (Å²) in [6.07, 6.45) is 7.35. The van der Waals surface area contributed by atoms with Gasteiger partial charge in [0.1, 0.15) is 0 Å². The molecule has 1 amide bonds. The van der Waals surface area contributed by atoms with Gasteiger partial charge in [-0.05, 0) is 68.7 Å². The molecule has 2 heterocycles. The van der Waals surface area contributed by atoms with Crippen LogP contribution >= 0.6 is 0 Å². The van der Waals surface area contributed by atoms with E-state index < -0.39 is 0 Å². The molecule has 0 radical (unpaired) electrons. The Labute approximate surface area is 145 Å². The number of likely N-dealkylation sites (tertiary alicyclic amines) is 1. The number of benzene rings is 1. The molecule has 0 aromatic heterocycles. The molecular formula is C20H29N3O. The van der Waals surface area contributed by atoms with Crippen LogP contribution in [0.5, 0.6) is 0 Å². The van der Waals surface area contributed by atoms with Gasteiger partial charge in [-0.25, -0.2) is 0 Å². The zero-order valence-corrected chi connectivity index (χ0v) is 14.5. The smallest absolute Gasteiger partial charge is 0.240 e. The van der Waals surface area contributed by atoms with Gasteiger partial charge in [-0.15, -0.1) is 0 Å². The molecule has 1 aliphatic carbocycles. The van der Waals surface area contributed by atoms with Crippen LogP contribution in [-0.4, -0.2) is 40.9 Å².